The fourth-order valence-electron chi connectivity index (χ4n) is 10.1. The minimum Gasteiger partial charge on any atom is -0.455 e. The Bertz CT molecular complexity index is 3930. The minimum atomic E-state index is 0.697. The van der Waals surface area contributed by atoms with Crippen molar-refractivity contribution in [3.05, 3.63) is 235 Å². The van der Waals surface area contributed by atoms with E-state index in [9.17, 15) is 0 Å². The van der Waals surface area contributed by atoms with Gasteiger partial charge in [0.05, 0.1) is 38.9 Å². The molecule has 0 radical (unpaired) electrons. The molecule has 0 bridgehead atoms. The number of para-hydroxylation sites is 3. The Morgan fingerprint density at radius 3 is 1.71 bits per heavy atom. The molecule has 0 spiro atoms. The lowest BCUT2D eigenvalue weighted by atomic mass is 9.97. The zero-order valence-corrected chi connectivity index (χ0v) is 35.6. The van der Waals surface area contributed by atoms with Crippen LogP contribution < -0.4 is 0 Å². The van der Waals surface area contributed by atoms with E-state index in [4.69, 9.17) is 14.4 Å². The van der Waals surface area contributed by atoms with Crippen LogP contribution in [0.4, 0.5) is 0 Å². The number of hydrogen-bond donors (Lipinski definition) is 0. The maximum Gasteiger partial charge on any atom is 0.160 e. The van der Waals surface area contributed by atoms with Crippen LogP contribution in [-0.2, 0) is 0 Å². The van der Waals surface area contributed by atoms with Gasteiger partial charge < -0.3 is 13.6 Å². The highest BCUT2D eigenvalue weighted by atomic mass is 16.3. The van der Waals surface area contributed by atoms with Gasteiger partial charge in [-0.1, -0.05) is 152 Å². The van der Waals surface area contributed by atoms with E-state index in [0.29, 0.717) is 6.42 Å². The van der Waals surface area contributed by atoms with Crippen molar-refractivity contribution < 1.29 is 4.42 Å². The van der Waals surface area contributed by atoms with Crippen LogP contribution in [0.25, 0.3) is 93.7 Å². The van der Waals surface area contributed by atoms with E-state index < -0.39 is 0 Å². The van der Waals surface area contributed by atoms with Crippen LogP contribution in [0, 0.1) is 0 Å². The van der Waals surface area contributed by atoms with E-state index in [1.807, 2.05) is 30.3 Å². The van der Waals surface area contributed by atoms with Crippen LogP contribution in [0.3, 0.4) is 0 Å². The number of fused-ring (bicyclic) bond motifs is 11. The maximum absolute atomic E-state index is 6.73. The first-order valence-corrected chi connectivity index (χ1v) is 22.2. The molecule has 9 aromatic carbocycles. The second-order valence-corrected chi connectivity index (χ2v) is 17.0. The Morgan fingerprint density at radius 1 is 0.415 bits per heavy atom. The van der Waals surface area contributed by atoms with Crippen LogP contribution in [-0.4, -0.2) is 20.7 Å². The smallest absolute Gasteiger partial charge is 0.160 e. The Balaban J connectivity index is 0.997. The molecule has 0 unspecified atom stereocenters. The summed E-state index contributed by atoms with van der Waals surface area (Å²) in [7, 11) is 0. The molecule has 4 heterocycles. The van der Waals surface area contributed by atoms with Gasteiger partial charge in [-0.2, -0.15) is 0 Å². The van der Waals surface area contributed by atoms with Gasteiger partial charge in [-0.05, 0) is 89.9 Å². The summed E-state index contributed by atoms with van der Waals surface area (Å²) in [6, 6.07) is 75.5. The van der Waals surface area contributed by atoms with Crippen LogP contribution in [0.5, 0.6) is 0 Å². The Morgan fingerprint density at radius 2 is 0.985 bits per heavy atom. The van der Waals surface area contributed by atoms with Gasteiger partial charge in [-0.25, -0.2) is 9.98 Å². The standard InChI is InChI=1S/C60H40N4O/c1-38-36-50(61-60(42-18-8-3-9-19-42)62-57(38)41-16-6-2-7-17-41)40-28-26-39(27-29-40)43-30-31-48-53(37-43)63(44-20-10-4-11-21-44)51-35-33-49-56-52(64(58(49)55(48)51)45-22-12-5-13-23-45)34-32-47-46-24-14-15-25-54(46)65-59(47)56/h2-35,37H,36H2,1H3. The topological polar surface area (TPSA) is 47.7 Å². The quantitative estimate of drug-likeness (QED) is 0.165. The second kappa shape index (κ2) is 14.8. The predicted octanol–water partition coefficient (Wildman–Crippen LogP) is 15.5. The summed E-state index contributed by atoms with van der Waals surface area (Å²) in [5, 5.41) is 6.93. The van der Waals surface area contributed by atoms with Crippen molar-refractivity contribution >= 4 is 82.8 Å². The summed E-state index contributed by atoms with van der Waals surface area (Å²) in [4.78, 5) is 10.5. The van der Waals surface area contributed by atoms with Crippen molar-refractivity contribution in [3.8, 4) is 22.5 Å². The summed E-state index contributed by atoms with van der Waals surface area (Å²) in [5.41, 5.74) is 17.2. The first-order valence-electron chi connectivity index (χ1n) is 22.2. The third kappa shape index (κ3) is 5.93. The number of furan rings is 1. The predicted molar refractivity (Wildman–Crippen MR) is 271 cm³/mol. The third-order valence-corrected chi connectivity index (χ3v) is 13.1. The van der Waals surface area contributed by atoms with Crippen molar-refractivity contribution in [2.45, 2.75) is 13.3 Å². The molecule has 5 nitrogen and oxygen atoms in total. The molecule has 13 rings (SSSR count). The highest BCUT2D eigenvalue weighted by molar-refractivity contribution is 6.31. The number of benzene rings is 9. The van der Waals surface area contributed by atoms with Crippen LogP contribution in [0.2, 0.25) is 0 Å². The van der Waals surface area contributed by atoms with E-state index in [2.05, 4.69) is 198 Å². The Kier molecular flexibility index (Phi) is 8.43. The van der Waals surface area contributed by atoms with Gasteiger partial charge in [0.15, 0.2) is 5.84 Å². The summed E-state index contributed by atoms with van der Waals surface area (Å²) < 4.78 is 11.6. The molecule has 0 fully saturated rings. The normalized spacial score (nSPS) is 13.4. The number of aromatic nitrogens is 2. The van der Waals surface area contributed by atoms with Crippen LogP contribution >= 0.6 is 0 Å². The molecule has 1 aliphatic rings. The van der Waals surface area contributed by atoms with E-state index in [1.54, 1.807) is 0 Å². The lowest BCUT2D eigenvalue weighted by molar-refractivity contribution is 0.673. The molecule has 5 heteroatoms. The number of amidine groups is 1. The molecule has 0 aliphatic carbocycles. The van der Waals surface area contributed by atoms with Gasteiger partial charge in [-0.3, -0.25) is 0 Å². The van der Waals surface area contributed by atoms with Gasteiger partial charge in [0.25, 0.3) is 0 Å². The van der Waals surface area contributed by atoms with E-state index in [0.717, 1.165) is 111 Å². The van der Waals surface area contributed by atoms with Crippen molar-refractivity contribution in [1.82, 2.24) is 9.13 Å². The van der Waals surface area contributed by atoms with Gasteiger partial charge in [-0.15, -0.1) is 0 Å². The highest BCUT2D eigenvalue weighted by Gasteiger charge is 2.24. The molecule has 0 saturated carbocycles. The number of rotatable bonds is 6. The number of nitrogens with zero attached hydrogens (tertiary/aromatic N) is 4. The average molecular weight is 833 g/mol. The lowest BCUT2D eigenvalue weighted by Gasteiger charge is -2.10. The van der Waals surface area contributed by atoms with Gasteiger partial charge in [0, 0.05) is 55.9 Å². The van der Waals surface area contributed by atoms with E-state index in [1.165, 1.54) is 16.3 Å². The summed E-state index contributed by atoms with van der Waals surface area (Å²) in [6.07, 6.45) is 0.697. The monoisotopic (exact) mass is 832 g/mol. The third-order valence-electron chi connectivity index (χ3n) is 13.1. The highest BCUT2D eigenvalue weighted by Crippen LogP contribution is 2.46. The zero-order chi connectivity index (χ0) is 43.0. The fraction of sp³-hybridized carbons (Fsp3) is 0.0333. The Hall–Kier alpha value is -8.54. The zero-order valence-electron chi connectivity index (χ0n) is 35.6. The minimum absolute atomic E-state index is 0.697. The summed E-state index contributed by atoms with van der Waals surface area (Å²) in [5.74, 6) is 0.724. The summed E-state index contributed by atoms with van der Waals surface area (Å²) >= 11 is 0. The molecular formula is C60H40N4O. The lowest BCUT2D eigenvalue weighted by Crippen LogP contribution is -2.05. The van der Waals surface area contributed by atoms with Crippen molar-refractivity contribution in [2.24, 2.45) is 9.98 Å². The van der Waals surface area contributed by atoms with E-state index in [-0.39, 0.29) is 0 Å². The first-order chi connectivity index (χ1) is 32.2. The maximum atomic E-state index is 6.73. The molecule has 12 aromatic rings. The molecule has 1 aliphatic heterocycles. The molecule has 0 saturated heterocycles. The van der Waals surface area contributed by atoms with Crippen molar-refractivity contribution in [1.29, 1.82) is 0 Å². The number of hydrogen-bond acceptors (Lipinski definition) is 3. The molecule has 0 atom stereocenters. The molecule has 65 heavy (non-hydrogen) atoms. The molecule has 306 valence electrons. The van der Waals surface area contributed by atoms with E-state index >= 15 is 0 Å². The van der Waals surface area contributed by atoms with Gasteiger partial charge >= 0.3 is 0 Å². The number of allylic oxidation sites excluding steroid dienone is 1. The molecular weight excluding hydrogens is 793 g/mol. The molecule has 0 amide bonds. The van der Waals surface area contributed by atoms with Gasteiger partial charge in [0.2, 0.25) is 0 Å². The fourth-order valence-corrected chi connectivity index (χ4v) is 10.1. The first kappa shape index (κ1) is 37.1. The SMILES string of the molecule is CC1=C(c2ccccc2)N=C(c2ccccc2)N=C(c2ccc(-c3ccc4c5c(ccc6c7c8oc9ccccc9c8ccc7n(-c7ccccc7)c65)n(-c5ccccc5)c4c3)cc2)C1. The van der Waals surface area contributed by atoms with Crippen LogP contribution in [0.15, 0.2) is 232 Å². The van der Waals surface area contributed by atoms with Crippen LogP contribution in [0.1, 0.15) is 30.0 Å². The largest absolute Gasteiger partial charge is 0.455 e. The van der Waals surface area contributed by atoms with Crippen molar-refractivity contribution in [3.63, 3.8) is 0 Å². The van der Waals surface area contributed by atoms with Crippen molar-refractivity contribution in [2.75, 3.05) is 0 Å². The summed E-state index contributed by atoms with van der Waals surface area (Å²) in [6.45, 7) is 2.18. The van der Waals surface area contributed by atoms with Gasteiger partial charge in [0.1, 0.15) is 11.2 Å². The Labute approximate surface area is 375 Å². The number of aliphatic imine (C=N–C) groups is 2. The molecule has 3 aromatic heterocycles. The average Bonchev–Trinajstić information content (AvgIpc) is 3.99. The second-order valence-electron chi connectivity index (χ2n) is 17.0. The molecule has 0 N–H and O–H groups in total.